The predicted molar refractivity (Wildman–Crippen MR) is 120 cm³/mol. The lowest BCUT2D eigenvalue weighted by Gasteiger charge is -2.33. The molecule has 1 atom stereocenters. The minimum Gasteiger partial charge on any atom is -0.361 e. The smallest absolute Gasteiger partial charge is 0.0934 e. The zero-order valence-corrected chi connectivity index (χ0v) is 17.4. The normalized spacial score (nSPS) is 16.7. The van der Waals surface area contributed by atoms with E-state index in [-0.39, 0.29) is 0 Å². The lowest BCUT2D eigenvalue weighted by atomic mass is 10.1. The summed E-state index contributed by atoms with van der Waals surface area (Å²) in [6.45, 7) is 9.73. The van der Waals surface area contributed by atoms with Crippen molar-refractivity contribution in [3.05, 3.63) is 83.1 Å². The van der Waals surface area contributed by atoms with Gasteiger partial charge in [-0.05, 0) is 64.5 Å². The number of hydrogen-bond acceptors (Lipinski definition) is 0. The molecule has 0 saturated heterocycles. The zero-order valence-electron chi connectivity index (χ0n) is 16.4. The van der Waals surface area contributed by atoms with E-state index in [0.717, 1.165) is 0 Å². The Hall–Kier alpha value is -2.58. The van der Waals surface area contributed by atoms with Gasteiger partial charge in [0.25, 0.3) is 0 Å². The van der Waals surface area contributed by atoms with E-state index in [9.17, 15) is 0 Å². The Morgan fingerprint density at radius 3 is 2.56 bits per heavy atom. The summed E-state index contributed by atoms with van der Waals surface area (Å²) < 4.78 is 0. The summed E-state index contributed by atoms with van der Waals surface area (Å²) in [7, 11) is -1.79. The molecular formula is C25H25NSi. The molecule has 0 saturated carbocycles. The van der Waals surface area contributed by atoms with Gasteiger partial charge in [0.05, 0.1) is 8.07 Å². The van der Waals surface area contributed by atoms with Crippen molar-refractivity contribution < 1.29 is 0 Å². The van der Waals surface area contributed by atoms with Gasteiger partial charge in [-0.1, -0.05) is 66.7 Å². The van der Waals surface area contributed by atoms with Gasteiger partial charge in [-0.3, -0.25) is 0 Å². The lowest BCUT2D eigenvalue weighted by Crippen LogP contribution is -2.48. The van der Waals surface area contributed by atoms with Crippen LogP contribution in [0.3, 0.4) is 0 Å². The average molecular weight is 368 g/mol. The molecular weight excluding hydrogens is 342 g/mol. The van der Waals surface area contributed by atoms with Crippen molar-refractivity contribution in [2.75, 3.05) is 0 Å². The molecule has 2 heteroatoms. The molecule has 1 nitrogen and oxygen atoms in total. The SMILES string of the molecule is CC1=Cc2ccccc2C1[Si](C)(C)c1c(C)cc2cc3ccc[nH]c3cc12. The Labute approximate surface area is 161 Å². The van der Waals surface area contributed by atoms with E-state index < -0.39 is 8.07 Å². The number of H-pyrrole nitrogens is 1. The lowest BCUT2D eigenvalue weighted by molar-refractivity contribution is 1.08. The molecule has 1 heterocycles. The van der Waals surface area contributed by atoms with Gasteiger partial charge in [-0.15, -0.1) is 0 Å². The highest BCUT2D eigenvalue weighted by Crippen LogP contribution is 2.43. The van der Waals surface area contributed by atoms with Gasteiger partial charge in [0.1, 0.15) is 0 Å². The molecule has 134 valence electrons. The quantitative estimate of drug-likeness (QED) is 0.401. The van der Waals surface area contributed by atoms with Gasteiger partial charge < -0.3 is 4.98 Å². The van der Waals surface area contributed by atoms with Crippen molar-refractivity contribution in [1.29, 1.82) is 0 Å². The molecule has 4 aromatic rings. The first-order valence-electron chi connectivity index (χ1n) is 9.75. The van der Waals surface area contributed by atoms with Gasteiger partial charge in [-0.2, -0.15) is 0 Å². The first kappa shape index (κ1) is 16.6. The first-order chi connectivity index (χ1) is 13.0. The van der Waals surface area contributed by atoms with E-state index in [1.54, 1.807) is 5.19 Å². The van der Waals surface area contributed by atoms with Gasteiger partial charge >= 0.3 is 0 Å². The van der Waals surface area contributed by atoms with Crippen molar-refractivity contribution in [2.45, 2.75) is 32.5 Å². The third kappa shape index (κ3) is 2.36. The van der Waals surface area contributed by atoms with Crippen molar-refractivity contribution in [3.8, 4) is 0 Å². The molecule has 0 spiro atoms. The summed E-state index contributed by atoms with van der Waals surface area (Å²) in [5, 5.41) is 5.72. The molecule has 0 radical (unpaired) electrons. The Bertz CT molecular complexity index is 1230. The Morgan fingerprint density at radius 1 is 0.889 bits per heavy atom. The van der Waals surface area contributed by atoms with Crippen LogP contribution < -0.4 is 5.19 Å². The van der Waals surface area contributed by atoms with Crippen LogP contribution in [0.15, 0.2) is 66.4 Å². The largest absolute Gasteiger partial charge is 0.361 e. The number of fused-ring (bicyclic) bond motifs is 3. The Kier molecular flexibility index (Phi) is 3.50. The van der Waals surface area contributed by atoms with Crippen molar-refractivity contribution in [2.24, 2.45) is 0 Å². The van der Waals surface area contributed by atoms with Crippen LogP contribution in [-0.2, 0) is 0 Å². The number of hydrogen-bond donors (Lipinski definition) is 1. The van der Waals surface area contributed by atoms with Crippen LogP contribution in [-0.4, -0.2) is 13.1 Å². The maximum Gasteiger partial charge on any atom is 0.0934 e. The highest BCUT2D eigenvalue weighted by Gasteiger charge is 2.41. The number of rotatable bonds is 2. The summed E-state index contributed by atoms with van der Waals surface area (Å²) in [5.74, 6) is 0. The van der Waals surface area contributed by atoms with Crippen molar-refractivity contribution >= 4 is 41.0 Å². The number of aromatic amines is 1. The summed E-state index contributed by atoms with van der Waals surface area (Å²) >= 11 is 0. The van der Waals surface area contributed by atoms with Crippen LogP contribution in [0, 0.1) is 6.92 Å². The summed E-state index contributed by atoms with van der Waals surface area (Å²) in [6, 6.07) is 20.3. The van der Waals surface area contributed by atoms with Crippen molar-refractivity contribution in [1.82, 2.24) is 4.98 Å². The molecule has 1 aliphatic rings. The van der Waals surface area contributed by atoms with E-state index in [1.165, 1.54) is 43.9 Å². The monoisotopic (exact) mass is 367 g/mol. The van der Waals surface area contributed by atoms with E-state index in [1.807, 2.05) is 6.20 Å². The molecule has 0 bridgehead atoms. The molecule has 0 aliphatic heterocycles. The van der Waals surface area contributed by atoms with E-state index in [4.69, 9.17) is 0 Å². The van der Waals surface area contributed by atoms with Crippen LogP contribution in [0.1, 0.15) is 29.2 Å². The second-order valence-electron chi connectivity index (χ2n) is 8.57. The number of pyridine rings is 1. The number of aromatic nitrogens is 1. The van der Waals surface area contributed by atoms with Crippen LogP contribution in [0.25, 0.3) is 27.8 Å². The topological polar surface area (TPSA) is 15.8 Å². The molecule has 1 aliphatic carbocycles. The highest BCUT2D eigenvalue weighted by molar-refractivity contribution is 6.93. The second-order valence-corrected chi connectivity index (χ2v) is 13.1. The number of allylic oxidation sites excluding steroid dienone is 1. The van der Waals surface area contributed by atoms with E-state index >= 15 is 0 Å². The van der Waals surface area contributed by atoms with Gasteiger partial charge in [-0.25, -0.2) is 0 Å². The Morgan fingerprint density at radius 2 is 1.70 bits per heavy atom. The molecule has 5 rings (SSSR count). The Balaban J connectivity index is 1.76. The molecule has 0 fully saturated rings. The van der Waals surface area contributed by atoms with Crippen LogP contribution in [0.5, 0.6) is 0 Å². The molecule has 1 aromatic heterocycles. The fourth-order valence-electron chi connectivity index (χ4n) is 5.48. The molecule has 1 N–H and O–H groups in total. The van der Waals surface area contributed by atoms with E-state index in [2.05, 4.69) is 92.6 Å². The molecule has 0 amide bonds. The van der Waals surface area contributed by atoms with Gasteiger partial charge in [0, 0.05) is 17.3 Å². The third-order valence-corrected chi connectivity index (χ3v) is 10.5. The minimum absolute atomic E-state index is 0.549. The first-order valence-corrected chi connectivity index (χ1v) is 12.8. The second kappa shape index (κ2) is 5.70. The zero-order chi connectivity index (χ0) is 18.8. The average Bonchev–Trinajstić information content (AvgIpc) is 3.14. The number of benzene rings is 2. The number of nitrogens with one attached hydrogen (secondary N) is 1. The summed E-state index contributed by atoms with van der Waals surface area (Å²) in [5.41, 5.74) is 7.68. The minimum atomic E-state index is -1.79. The highest BCUT2D eigenvalue weighted by atomic mass is 28.3. The molecule has 27 heavy (non-hydrogen) atoms. The third-order valence-electron chi connectivity index (χ3n) is 6.38. The van der Waals surface area contributed by atoms with Crippen LogP contribution >= 0.6 is 0 Å². The summed E-state index contributed by atoms with van der Waals surface area (Å²) in [4.78, 5) is 3.43. The molecule has 1 unspecified atom stereocenters. The number of aryl methyl sites for hydroxylation is 1. The summed E-state index contributed by atoms with van der Waals surface area (Å²) in [6.07, 6.45) is 4.42. The van der Waals surface area contributed by atoms with E-state index in [0.29, 0.717) is 5.54 Å². The maximum atomic E-state index is 3.43. The predicted octanol–water partition coefficient (Wildman–Crippen LogP) is 6.28. The van der Waals surface area contributed by atoms with Crippen LogP contribution in [0.2, 0.25) is 13.1 Å². The molecule has 3 aromatic carbocycles. The van der Waals surface area contributed by atoms with Crippen LogP contribution in [0.4, 0.5) is 0 Å². The standard InChI is InChI=1S/C25H25NSi/c1-16-12-18-8-5-6-10-21(18)24(16)27(3,4)25-17(2)13-20-14-19-9-7-11-26-23(19)15-22(20)25/h5-15,24,26H,1-4H3. The maximum absolute atomic E-state index is 3.43. The van der Waals surface area contributed by atoms with Crippen molar-refractivity contribution in [3.63, 3.8) is 0 Å². The fraction of sp³-hybridized carbons (Fsp3) is 0.200. The van der Waals surface area contributed by atoms with Gasteiger partial charge in [0.2, 0.25) is 0 Å². The van der Waals surface area contributed by atoms with Gasteiger partial charge in [0.15, 0.2) is 0 Å². The fourth-order valence-corrected chi connectivity index (χ4v) is 10.0.